The number of pyridine rings is 1. The number of hydrogen-bond acceptors (Lipinski definition) is 5. The van der Waals surface area contributed by atoms with E-state index in [0.29, 0.717) is 61.4 Å². The summed E-state index contributed by atoms with van der Waals surface area (Å²) in [6, 6.07) is 6.58. The van der Waals surface area contributed by atoms with Crippen LogP contribution in [0.15, 0.2) is 41.6 Å². The highest BCUT2D eigenvalue weighted by molar-refractivity contribution is 7.80. The summed E-state index contributed by atoms with van der Waals surface area (Å²) >= 11 is 5.47. The summed E-state index contributed by atoms with van der Waals surface area (Å²) < 4.78 is 58.4. The van der Waals surface area contributed by atoms with Crippen molar-refractivity contribution in [1.82, 2.24) is 15.3 Å². The Hall–Kier alpha value is -2.95. The fourth-order valence-electron chi connectivity index (χ4n) is 3.69. The van der Waals surface area contributed by atoms with Gasteiger partial charge in [-0.1, -0.05) is 6.07 Å². The highest BCUT2D eigenvalue weighted by Crippen LogP contribution is 2.32. The lowest BCUT2D eigenvalue weighted by molar-refractivity contribution is -0.137. The van der Waals surface area contributed by atoms with Crippen LogP contribution in [0, 0.1) is 5.82 Å². The maximum Gasteiger partial charge on any atom is 0.416 e. The SMILES string of the molecule is Fc1ccnc2c1OCC/C2=N/NC(=S)N1CCCN(c2cccc(C(F)(F)F)c2)CC1. The molecular weight excluding hydrogens is 446 g/mol. The number of hydrogen-bond donors (Lipinski definition) is 1. The van der Waals surface area contributed by atoms with Gasteiger partial charge in [0.1, 0.15) is 5.69 Å². The van der Waals surface area contributed by atoms with E-state index in [0.717, 1.165) is 12.5 Å². The van der Waals surface area contributed by atoms with Crippen LogP contribution in [-0.2, 0) is 6.18 Å². The zero-order valence-electron chi connectivity index (χ0n) is 17.0. The first-order valence-corrected chi connectivity index (χ1v) is 10.5. The fraction of sp³-hybridized carbons (Fsp3) is 0.381. The van der Waals surface area contributed by atoms with Gasteiger partial charge in [-0.15, -0.1) is 0 Å². The largest absolute Gasteiger partial charge is 0.488 e. The normalized spacial score (nSPS) is 18.1. The number of nitrogens with zero attached hydrogens (tertiary/aromatic N) is 4. The van der Waals surface area contributed by atoms with Gasteiger partial charge in [-0.3, -0.25) is 10.4 Å². The van der Waals surface area contributed by atoms with Crippen molar-refractivity contribution in [3.05, 3.63) is 53.6 Å². The topological polar surface area (TPSA) is 53.0 Å². The zero-order valence-corrected chi connectivity index (χ0v) is 17.8. The molecule has 0 spiro atoms. The molecule has 3 heterocycles. The average Bonchev–Trinajstić information content (AvgIpc) is 3.04. The lowest BCUT2D eigenvalue weighted by Crippen LogP contribution is -2.40. The number of nitrogens with one attached hydrogen (secondary N) is 1. The minimum Gasteiger partial charge on any atom is -0.488 e. The molecule has 1 aromatic carbocycles. The Morgan fingerprint density at radius 1 is 1.16 bits per heavy atom. The van der Waals surface area contributed by atoms with Crippen LogP contribution in [0.2, 0.25) is 0 Å². The van der Waals surface area contributed by atoms with Crippen LogP contribution in [0.1, 0.15) is 24.1 Å². The van der Waals surface area contributed by atoms with Gasteiger partial charge in [0, 0.05) is 44.5 Å². The van der Waals surface area contributed by atoms with Crippen LogP contribution in [0.3, 0.4) is 0 Å². The van der Waals surface area contributed by atoms with E-state index < -0.39 is 17.6 Å². The molecule has 1 aromatic heterocycles. The highest BCUT2D eigenvalue weighted by Gasteiger charge is 2.31. The number of hydrazone groups is 1. The van der Waals surface area contributed by atoms with Gasteiger partial charge >= 0.3 is 6.18 Å². The smallest absolute Gasteiger partial charge is 0.416 e. The summed E-state index contributed by atoms with van der Waals surface area (Å²) in [6.45, 7) is 2.59. The number of thiocarbonyl (C=S) groups is 1. The lowest BCUT2D eigenvalue weighted by Gasteiger charge is -2.25. The van der Waals surface area contributed by atoms with E-state index in [9.17, 15) is 17.6 Å². The molecule has 0 bridgehead atoms. The molecule has 0 atom stereocenters. The standard InChI is InChI=1S/C21H21F4N5OS/c22-16-5-7-26-18-17(6-12-31-19(16)18)27-28-20(32)30-9-2-8-29(10-11-30)15-4-1-3-14(13-15)21(23,24)25/h1,3-5,7,13H,2,6,8-12H2,(H,28,32)/b27-17-. The lowest BCUT2D eigenvalue weighted by atomic mass is 10.1. The van der Waals surface area contributed by atoms with Crippen LogP contribution in [-0.4, -0.2) is 53.5 Å². The van der Waals surface area contributed by atoms with Crippen molar-refractivity contribution >= 4 is 28.7 Å². The maximum absolute atomic E-state index is 13.9. The maximum atomic E-state index is 13.9. The van der Waals surface area contributed by atoms with E-state index in [-0.39, 0.29) is 5.75 Å². The molecule has 0 amide bonds. The number of aromatic nitrogens is 1. The first-order valence-electron chi connectivity index (χ1n) is 10.1. The second kappa shape index (κ2) is 9.27. The van der Waals surface area contributed by atoms with Gasteiger partial charge in [0.15, 0.2) is 16.7 Å². The Balaban J connectivity index is 1.40. The monoisotopic (exact) mass is 467 g/mol. The van der Waals surface area contributed by atoms with Crippen molar-refractivity contribution < 1.29 is 22.3 Å². The molecule has 2 aromatic rings. The number of halogens is 4. The van der Waals surface area contributed by atoms with Crippen molar-refractivity contribution in [2.24, 2.45) is 5.10 Å². The van der Waals surface area contributed by atoms with Crippen molar-refractivity contribution in [3.63, 3.8) is 0 Å². The third kappa shape index (κ3) is 4.93. The molecule has 11 heteroatoms. The van der Waals surface area contributed by atoms with Crippen LogP contribution in [0.25, 0.3) is 0 Å². The number of ether oxygens (including phenoxy) is 1. The van der Waals surface area contributed by atoms with Gasteiger partial charge in [-0.25, -0.2) is 4.39 Å². The number of alkyl halides is 3. The highest BCUT2D eigenvalue weighted by atomic mass is 32.1. The van der Waals surface area contributed by atoms with E-state index in [1.165, 1.54) is 24.4 Å². The molecule has 2 aliphatic rings. The summed E-state index contributed by atoms with van der Waals surface area (Å²) in [5.41, 5.74) is 3.62. The van der Waals surface area contributed by atoms with E-state index in [2.05, 4.69) is 15.5 Å². The van der Waals surface area contributed by atoms with Crippen molar-refractivity contribution in [2.75, 3.05) is 37.7 Å². The molecule has 1 fully saturated rings. The third-order valence-corrected chi connectivity index (χ3v) is 5.67. The van der Waals surface area contributed by atoms with Crippen LogP contribution >= 0.6 is 12.2 Å². The van der Waals surface area contributed by atoms with Crippen molar-refractivity contribution in [3.8, 4) is 5.75 Å². The van der Waals surface area contributed by atoms with Gasteiger partial charge in [0.05, 0.1) is 17.9 Å². The number of anilines is 1. The average molecular weight is 467 g/mol. The minimum atomic E-state index is -4.38. The Morgan fingerprint density at radius 2 is 2.00 bits per heavy atom. The summed E-state index contributed by atoms with van der Waals surface area (Å²) in [7, 11) is 0. The van der Waals surface area contributed by atoms with Crippen molar-refractivity contribution in [1.29, 1.82) is 0 Å². The molecule has 0 unspecified atom stereocenters. The Bertz CT molecular complexity index is 1030. The number of rotatable bonds is 2. The molecule has 0 aliphatic carbocycles. The Morgan fingerprint density at radius 3 is 2.81 bits per heavy atom. The minimum absolute atomic E-state index is 0.0803. The van der Waals surface area contributed by atoms with Gasteiger partial charge in [0.25, 0.3) is 0 Å². The quantitative estimate of drug-likeness (QED) is 0.412. The summed E-state index contributed by atoms with van der Waals surface area (Å²) in [6.07, 6.45) is -1.84. The Kier molecular flexibility index (Phi) is 6.45. The molecule has 1 N–H and O–H groups in total. The van der Waals surface area contributed by atoms with Gasteiger partial charge in [-0.2, -0.15) is 18.3 Å². The predicted octanol–water partition coefficient (Wildman–Crippen LogP) is 3.81. The van der Waals surface area contributed by atoms with Gasteiger partial charge < -0.3 is 14.5 Å². The second-order valence-corrected chi connectivity index (χ2v) is 7.81. The van der Waals surface area contributed by atoms with Crippen LogP contribution < -0.4 is 15.1 Å². The second-order valence-electron chi connectivity index (χ2n) is 7.42. The van der Waals surface area contributed by atoms with E-state index in [1.54, 1.807) is 6.07 Å². The third-order valence-electron chi connectivity index (χ3n) is 5.32. The molecule has 0 radical (unpaired) electrons. The molecule has 1 saturated heterocycles. The molecule has 0 saturated carbocycles. The van der Waals surface area contributed by atoms with E-state index >= 15 is 0 Å². The Labute approximate surface area is 187 Å². The van der Waals surface area contributed by atoms with Crippen molar-refractivity contribution in [2.45, 2.75) is 19.0 Å². The fourth-order valence-corrected chi connectivity index (χ4v) is 3.92. The molecule has 2 aliphatic heterocycles. The zero-order chi connectivity index (χ0) is 22.7. The summed E-state index contributed by atoms with van der Waals surface area (Å²) in [4.78, 5) is 8.00. The first-order chi connectivity index (χ1) is 15.3. The van der Waals surface area contributed by atoms with Crippen LogP contribution in [0.4, 0.5) is 23.2 Å². The summed E-state index contributed by atoms with van der Waals surface area (Å²) in [5.74, 6) is -0.413. The molecular formula is C21H21F4N5OS. The number of fused-ring (bicyclic) bond motifs is 1. The molecule has 4 rings (SSSR count). The first kappa shape index (κ1) is 22.3. The van der Waals surface area contributed by atoms with Gasteiger partial charge in [0.2, 0.25) is 0 Å². The predicted molar refractivity (Wildman–Crippen MR) is 116 cm³/mol. The van der Waals surface area contributed by atoms with Gasteiger partial charge in [-0.05, 0) is 42.9 Å². The molecule has 6 nitrogen and oxygen atoms in total. The molecule has 170 valence electrons. The summed E-state index contributed by atoms with van der Waals surface area (Å²) in [5, 5.41) is 4.72. The van der Waals surface area contributed by atoms with Crippen LogP contribution in [0.5, 0.6) is 5.75 Å². The van der Waals surface area contributed by atoms with E-state index in [4.69, 9.17) is 17.0 Å². The van der Waals surface area contributed by atoms with E-state index in [1.807, 2.05) is 9.80 Å². The number of benzene rings is 1. The molecule has 32 heavy (non-hydrogen) atoms.